The molecule has 0 heterocycles. The Morgan fingerprint density at radius 1 is 0.400 bits per heavy atom. The van der Waals surface area contributed by atoms with Crippen LogP contribution in [0, 0.1) is 0 Å². The van der Waals surface area contributed by atoms with Crippen molar-refractivity contribution in [3.63, 3.8) is 0 Å². The van der Waals surface area contributed by atoms with Crippen LogP contribution in [0.5, 0.6) is 0 Å². The van der Waals surface area contributed by atoms with Crippen molar-refractivity contribution in [2.75, 3.05) is 11.5 Å². The molecule has 0 aliphatic carbocycles. The smallest absolute Gasteiger partial charge is 0.398 e. The van der Waals surface area contributed by atoms with Gasteiger partial charge in [-0.05, 0) is 23.3 Å². The van der Waals surface area contributed by atoms with E-state index in [9.17, 15) is 52.7 Å². The second-order valence-corrected chi connectivity index (χ2v) is 5.90. The number of rotatable bonds is 1. The number of hydrogen-bond acceptors (Lipinski definition) is 2. The van der Waals surface area contributed by atoms with Gasteiger partial charge in [0.2, 0.25) is 0 Å². The summed E-state index contributed by atoms with van der Waals surface area (Å²) in [6.45, 7) is 0. The fraction of sp³-hybridized carbons (Fsp3) is 0.250. The van der Waals surface area contributed by atoms with Crippen LogP contribution in [0.3, 0.4) is 0 Å². The number of anilines is 2. The van der Waals surface area contributed by atoms with E-state index in [0.717, 1.165) is 0 Å². The van der Waals surface area contributed by atoms with Gasteiger partial charge in [-0.15, -0.1) is 0 Å². The summed E-state index contributed by atoms with van der Waals surface area (Å²) in [7, 11) is 0. The number of alkyl halides is 12. The van der Waals surface area contributed by atoms with Gasteiger partial charge in [0.1, 0.15) is 0 Å². The molecule has 0 aromatic heterocycles. The Labute approximate surface area is 159 Å². The van der Waals surface area contributed by atoms with Gasteiger partial charge < -0.3 is 11.5 Å². The lowest BCUT2D eigenvalue weighted by Gasteiger charge is -2.25. The molecule has 0 fully saturated rings. The van der Waals surface area contributed by atoms with Crippen LogP contribution in [0.4, 0.5) is 64.1 Å². The molecule has 0 saturated heterocycles. The molecule has 0 unspecified atom stereocenters. The van der Waals surface area contributed by atoms with Crippen LogP contribution in [0.1, 0.15) is 22.3 Å². The Hall–Kier alpha value is -2.80. The van der Waals surface area contributed by atoms with Crippen molar-refractivity contribution < 1.29 is 52.7 Å². The molecule has 0 bridgehead atoms. The molecule has 2 rings (SSSR count). The van der Waals surface area contributed by atoms with Gasteiger partial charge in [-0.2, -0.15) is 52.7 Å². The summed E-state index contributed by atoms with van der Waals surface area (Å²) in [5.41, 5.74) is -6.97. The summed E-state index contributed by atoms with van der Waals surface area (Å²) in [5.74, 6) is 0. The first-order valence-electron chi connectivity index (χ1n) is 7.42. The molecule has 14 heteroatoms. The van der Waals surface area contributed by atoms with Crippen molar-refractivity contribution in [2.45, 2.75) is 24.7 Å². The molecule has 0 amide bonds. The topological polar surface area (TPSA) is 52.0 Å². The van der Waals surface area contributed by atoms with E-state index in [-0.39, 0.29) is 24.3 Å². The van der Waals surface area contributed by atoms with Gasteiger partial charge in [0, 0.05) is 11.4 Å². The van der Waals surface area contributed by atoms with Crippen molar-refractivity contribution in [3.8, 4) is 11.1 Å². The molecule has 30 heavy (non-hydrogen) atoms. The van der Waals surface area contributed by atoms with Gasteiger partial charge in [0.15, 0.2) is 0 Å². The van der Waals surface area contributed by atoms with Gasteiger partial charge in [-0.1, -0.05) is 12.1 Å². The summed E-state index contributed by atoms with van der Waals surface area (Å²) in [5, 5.41) is 0. The predicted molar refractivity (Wildman–Crippen MR) is 80.7 cm³/mol. The molecule has 166 valence electrons. The highest BCUT2D eigenvalue weighted by Crippen LogP contribution is 2.52. The van der Waals surface area contributed by atoms with Gasteiger partial charge in [-0.3, -0.25) is 0 Å². The second kappa shape index (κ2) is 6.87. The highest BCUT2D eigenvalue weighted by Gasteiger charge is 2.50. The SMILES string of the molecule is Nc1ccc(-c2ccc(N)c(C(F)(F)F)c2C(F)(F)F)c(C(F)(F)F)c1C(F)(F)F. The first kappa shape index (κ1) is 23.5. The van der Waals surface area contributed by atoms with E-state index in [0.29, 0.717) is 0 Å². The monoisotopic (exact) mass is 456 g/mol. The van der Waals surface area contributed by atoms with Crippen LogP contribution in [0.2, 0.25) is 0 Å². The summed E-state index contributed by atoms with van der Waals surface area (Å²) < 4.78 is 160. The molecule has 0 spiro atoms. The van der Waals surface area contributed by atoms with Crippen LogP contribution in [0.25, 0.3) is 11.1 Å². The molecular weight excluding hydrogens is 448 g/mol. The minimum Gasteiger partial charge on any atom is -0.398 e. The van der Waals surface area contributed by atoms with Crippen LogP contribution >= 0.6 is 0 Å². The average molecular weight is 456 g/mol. The number of nitrogens with two attached hydrogens (primary N) is 2. The Bertz CT molecular complexity index is 885. The molecule has 0 saturated carbocycles. The Kier molecular flexibility index (Phi) is 5.38. The molecule has 0 aliphatic rings. The number of nitrogen functional groups attached to an aromatic ring is 2. The van der Waals surface area contributed by atoms with Crippen molar-refractivity contribution in [1.29, 1.82) is 0 Å². The Morgan fingerprint density at radius 3 is 0.833 bits per heavy atom. The summed E-state index contributed by atoms with van der Waals surface area (Å²) in [6.07, 6.45) is -23.4. The lowest BCUT2D eigenvalue weighted by atomic mass is 9.88. The zero-order valence-electron chi connectivity index (χ0n) is 14.0. The van der Waals surface area contributed by atoms with Crippen LogP contribution in [0.15, 0.2) is 24.3 Å². The van der Waals surface area contributed by atoms with Gasteiger partial charge in [0.25, 0.3) is 0 Å². The van der Waals surface area contributed by atoms with Crippen LogP contribution in [-0.2, 0) is 24.7 Å². The number of benzene rings is 2. The van der Waals surface area contributed by atoms with Crippen molar-refractivity contribution in [3.05, 3.63) is 46.5 Å². The highest BCUT2D eigenvalue weighted by molar-refractivity contribution is 5.80. The van der Waals surface area contributed by atoms with Gasteiger partial charge in [-0.25, -0.2) is 0 Å². The van der Waals surface area contributed by atoms with E-state index >= 15 is 0 Å². The first-order valence-corrected chi connectivity index (χ1v) is 7.42. The van der Waals surface area contributed by atoms with E-state index in [2.05, 4.69) is 0 Å². The third-order valence-electron chi connectivity index (χ3n) is 3.90. The Morgan fingerprint density at radius 2 is 0.633 bits per heavy atom. The van der Waals surface area contributed by atoms with Crippen LogP contribution < -0.4 is 11.5 Å². The van der Waals surface area contributed by atoms with Crippen molar-refractivity contribution >= 4 is 11.4 Å². The number of hydrogen-bond donors (Lipinski definition) is 2. The fourth-order valence-corrected chi connectivity index (χ4v) is 2.89. The maximum Gasteiger partial charge on any atom is 0.419 e. The molecule has 4 N–H and O–H groups in total. The predicted octanol–water partition coefficient (Wildman–Crippen LogP) is 6.59. The van der Waals surface area contributed by atoms with Gasteiger partial charge in [0.05, 0.1) is 22.3 Å². The summed E-state index contributed by atoms with van der Waals surface area (Å²) in [6, 6.07) is 0.705. The zero-order chi connectivity index (χ0) is 23.4. The number of halogens is 12. The molecule has 2 nitrogen and oxygen atoms in total. The van der Waals surface area contributed by atoms with E-state index in [1.165, 1.54) is 0 Å². The quantitative estimate of drug-likeness (QED) is 0.376. The van der Waals surface area contributed by atoms with Crippen molar-refractivity contribution in [1.82, 2.24) is 0 Å². The largest absolute Gasteiger partial charge is 0.419 e. The fourth-order valence-electron chi connectivity index (χ4n) is 2.89. The average Bonchev–Trinajstić information content (AvgIpc) is 2.50. The van der Waals surface area contributed by atoms with Crippen molar-refractivity contribution in [2.24, 2.45) is 0 Å². The highest BCUT2D eigenvalue weighted by atomic mass is 19.4. The zero-order valence-corrected chi connectivity index (χ0v) is 14.0. The van der Waals surface area contributed by atoms with E-state index in [4.69, 9.17) is 11.5 Å². The van der Waals surface area contributed by atoms with Gasteiger partial charge >= 0.3 is 24.7 Å². The summed E-state index contributed by atoms with van der Waals surface area (Å²) >= 11 is 0. The lowest BCUT2D eigenvalue weighted by Crippen LogP contribution is -2.23. The van der Waals surface area contributed by atoms with E-state index in [1.807, 2.05) is 0 Å². The summed E-state index contributed by atoms with van der Waals surface area (Å²) in [4.78, 5) is 0. The third kappa shape index (κ3) is 4.21. The molecule has 0 radical (unpaired) electrons. The molecule has 2 aromatic rings. The normalized spacial score (nSPS) is 13.6. The first-order chi connectivity index (χ1) is 13.3. The third-order valence-corrected chi connectivity index (χ3v) is 3.90. The minimum atomic E-state index is -5.92. The Balaban J connectivity index is 3.15. The van der Waals surface area contributed by atoms with Crippen LogP contribution in [-0.4, -0.2) is 0 Å². The molecule has 2 aromatic carbocycles. The standard InChI is InChI=1S/C16H8F12N2/c17-13(18,19)9-5(1-3-7(29)11(9)15(23,24)25)6-2-4-8(30)12(16(26,27)28)10(6)14(20,21)22/h1-4H,29-30H2. The minimum absolute atomic E-state index is 0.133. The maximum absolute atomic E-state index is 13.5. The van der Waals surface area contributed by atoms with E-state index < -0.39 is 69.5 Å². The lowest BCUT2D eigenvalue weighted by molar-refractivity contribution is -0.162. The molecule has 0 aliphatic heterocycles. The molecular formula is C16H8F12N2. The second-order valence-electron chi connectivity index (χ2n) is 5.90. The molecule has 0 atom stereocenters. The van der Waals surface area contributed by atoms with E-state index in [1.54, 1.807) is 0 Å². The maximum atomic E-state index is 13.5.